The smallest absolute Gasteiger partial charge is 0.411 e. The van der Waals surface area contributed by atoms with Gasteiger partial charge in [-0.05, 0) is 36.8 Å². The first kappa shape index (κ1) is 25.2. The average molecular weight is 564 g/mol. The molecule has 0 spiro atoms. The maximum Gasteiger partial charge on any atom is 0.411 e. The van der Waals surface area contributed by atoms with Crippen LogP contribution < -0.4 is 14.8 Å². The van der Waals surface area contributed by atoms with Crippen LogP contribution in [0.15, 0.2) is 42.7 Å². The first-order valence-electron chi connectivity index (χ1n) is 12.0. The van der Waals surface area contributed by atoms with Gasteiger partial charge in [0.05, 0.1) is 52.6 Å². The summed E-state index contributed by atoms with van der Waals surface area (Å²) in [5, 5.41) is 13.6. The topological polar surface area (TPSA) is 129 Å². The van der Waals surface area contributed by atoms with Crippen LogP contribution in [0.2, 0.25) is 5.02 Å². The molecule has 1 atom stereocenters. The fourth-order valence-corrected chi connectivity index (χ4v) is 5.85. The Hall–Kier alpha value is -4.06. The Morgan fingerprint density at radius 3 is 2.85 bits per heavy atom. The molecule has 1 aliphatic rings. The molecule has 0 radical (unpaired) electrons. The number of thiazole rings is 1. The van der Waals surface area contributed by atoms with Gasteiger partial charge in [-0.2, -0.15) is 0 Å². The third-order valence-corrected chi connectivity index (χ3v) is 7.71. The van der Waals surface area contributed by atoms with Crippen LogP contribution in [-0.2, 0) is 17.8 Å². The molecule has 4 heterocycles. The van der Waals surface area contributed by atoms with E-state index in [4.69, 9.17) is 30.8 Å². The summed E-state index contributed by atoms with van der Waals surface area (Å²) in [4.78, 5) is 30.3. The number of hydrogen-bond donors (Lipinski definition) is 2. The quantitative estimate of drug-likeness (QED) is 0.282. The first-order valence-corrected chi connectivity index (χ1v) is 13.2. The van der Waals surface area contributed by atoms with Gasteiger partial charge in [0.2, 0.25) is 5.88 Å². The molecule has 1 unspecified atom stereocenters. The lowest BCUT2D eigenvalue weighted by atomic mass is 10.1. The molecular formula is C27H22ClN5O5S. The molecule has 198 valence electrons. The number of aliphatic hydroxyl groups excluding tert-OH is 1. The van der Waals surface area contributed by atoms with Crippen molar-refractivity contribution in [3.8, 4) is 22.2 Å². The molecule has 1 amide bonds. The molecule has 1 aliphatic heterocycles. The number of nitrogens with one attached hydrogen (secondary N) is 1. The van der Waals surface area contributed by atoms with Crippen LogP contribution in [0.4, 0.5) is 10.5 Å². The Bertz CT molecular complexity index is 1720. The van der Waals surface area contributed by atoms with Gasteiger partial charge in [0.25, 0.3) is 0 Å². The third-order valence-electron chi connectivity index (χ3n) is 6.27. The Balaban J connectivity index is 1.27. The summed E-state index contributed by atoms with van der Waals surface area (Å²) in [6.45, 7) is 1.77. The molecule has 0 bridgehead atoms. The van der Waals surface area contributed by atoms with Crippen molar-refractivity contribution in [2.75, 3.05) is 19.0 Å². The van der Waals surface area contributed by atoms with E-state index >= 15 is 0 Å². The SMILES string of the molecule is COc1cnc2c(-c3nc4c(Cl)cc5c(c4s3)CC(COC(=O)Nc3ccc(C)nc3)O5)cc(CO)cc2n1. The summed E-state index contributed by atoms with van der Waals surface area (Å²) in [6.07, 6.45) is 2.69. The molecule has 2 aromatic carbocycles. The second-order valence-electron chi connectivity index (χ2n) is 8.97. The van der Waals surface area contributed by atoms with E-state index in [0.717, 1.165) is 21.5 Å². The molecule has 6 rings (SSSR count). The fourth-order valence-electron chi connectivity index (χ4n) is 4.41. The minimum atomic E-state index is -0.586. The zero-order chi connectivity index (χ0) is 27.1. The minimum absolute atomic E-state index is 0.0607. The number of amides is 1. The van der Waals surface area contributed by atoms with E-state index in [1.807, 2.05) is 13.0 Å². The van der Waals surface area contributed by atoms with Crippen molar-refractivity contribution in [2.24, 2.45) is 0 Å². The molecule has 3 aromatic heterocycles. The Labute approximate surface area is 231 Å². The van der Waals surface area contributed by atoms with Crippen LogP contribution in [0.25, 0.3) is 31.8 Å². The number of methoxy groups -OCH3 is 1. The van der Waals surface area contributed by atoms with Gasteiger partial charge in [-0.15, -0.1) is 11.3 Å². The number of carbonyl (C=O) groups excluding carboxylic acids is 1. The van der Waals surface area contributed by atoms with Crippen LogP contribution in [0, 0.1) is 6.92 Å². The van der Waals surface area contributed by atoms with E-state index in [0.29, 0.717) is 55.9 Å². The Morgan fingerprint density at radius 1 is 1.21 bits per heavy atom. The maximum atomic E-state index is 12.3. The molecule has 39 heavy (non-hydrogen) atoms. The summed E-state index contributed by atoms with van der Waals surface area (Å²) in [5.74, 6) is 1.02. The van der Waals surface area contributed by atoms with E-state index in [-0.39, 0.29) is 19.3 Å². The second-order valence-corrected chi connectivity index (χ2v) is 10.4. The van der Waals surface area contributed by atoms with E-state index in [1.165, 1.54) is 18.4 Å². The standard InChI is InChI=1S/C27H22ClN5O5S/c1-13-3-4-15(9-29-13)31-27(35)37-12-16-7-17-21(38-16)8-19(28)24-25(17)39-26(33-24)18-5-14(11-34)6-20-23(18)30-10-22(32-20)36-2/h3-6,8-10,16,34H,7,11-12H2,1-2H3,(H,31,35). The number of ether oxygens (including phenoxy) is 3. The predicted molar refractivity (Wildman–Crippen MR) is 148 cm³/mol. The Morgan fingerprint density at radius 2 is 2.08 bits per heavy atom. The number of carbonyl (C=O) groups is 1. The van der Waals surface area contributed by atoms with E-state index in [9.17, 15) is 9.90 Å². The number of nitrogens with zero attached hydrogens (tertiary/aromatic N) is 4. The second kappa shape index (κ2) is 10.3. The number of halogens is 1. The van der Waals surface area contributed by atoms with Gasteiger partial charge in [-0.1, -0.05) is 11.6 Å². The zero-order valence-corrected chi connectivity index (χ0v) is 22.5. The highest BCUT2D eigenvalue weighted by atomic mass is 35.5. The van der Waals surface area contributed by atoms with Crippen molar-refractivity contribution in [1.82, 2.24) is 19.9 Å². The normalized spacial score (nSPS) is 14.3. The lowest BCUT2D eigenvalue weighted by molar-refractivity contribution is 0.102. The number of aryl methyl sites for hydroxylation is 1. The first-order chi connectivity index (χ1) is 18.9. The highest BCUT2D eigenvalue weighted by Gasteiger charge is 2.29. The number of benzene rings is 2. The lowest BCUT2D eigenvalue weighted by Crippen LogP contribution is -2.25. The van der Waals surface area contributed by atoms with E-state index < -0.39 is 6.09 Å². The molecule has 2 N–H and O–H groups in total. The minimum Gasteiger partial charge on any atom is -0.486 e. The van der Waals surface area contributed by atoms with Crippen LogP contribution in [0.3, 0.4) is 0 Å². The molecule has 10 nitrogen and oxygen atoms in total. The Kier molecular flexibility index (Phi) is 6.63. The van der Waals surface area contributed by atoms with E-state index in [2.05, 4.69) is 20.3 Å². The third kappa shape index (κ3) is 4.91. The summed E-state index contributed by atoms with van der Waals surface area (Å²) < 4.78 is 17.6. The summed E-state index contributed by atoms with van der Waals surface area (Å²) in [7, 11) is 1.52. The van der Waals surface area contributed by atoms with Crippen molar-refractivity contribution >= 4 is 56.0 Å². The number of aromatic nitrogens is 4. The number of rotatable bonds is 6. The monoisotopic (exact) mass is 563 g/mol. The fraction of sp³-hybridized carbons (Fsp3) is 0.222. The largest absolute Gasteiger partial charge is 0.486 e. The highest BCUT2D eigenvalue weighted by Crippen LogP contribution is 2.44. The number of fused-ring (bicyclic) bond motifs is 4. The van der Waals surface area contributed by atoms with Gasteiger partial charge < -0.3 is 19.3 Å². The molecular weight excluding hydrogens is 542 g/mol. The van der Waals surface area contributed by atoms with Gasteiger partial charge in [0.1, 0.15) is 29.0 Å². The van der Waals surface area contributed by atoms with Gasteiger partial charge >= 0.3 is 6.09 Å². The molecule has 0 saturated carbocycles. The predicted octanol–water partition coefficient (Wildman–Crippen LogP) is 5.32. The number of pyridine rings is 1. The van der Waals surface area contributed by atoms with Gasteiger partial charge in [0.15, 0.2) is 0 Å². The lowest BCUT2D eigenvalue weighted by Gasteiger charge is -2.12. The van der Waals surface area contributed by atoms with Crippen LogP contribution in [-0.4, -0.2) is 51.0 Å². The zero-order valence-electron chi connectivity index (χ0n) is 20.9. The molecule has 0 aliphatic carbocycles. The summed E-state index contributed by atoms with van der Waals surface area (Å²) in [6, 6.07) is 8.93. The van der Waals surface area contributed by atoms with E-state index in [1.54, 1.807) is 36.7 Å². The average Bonchev–Trinajstić information content (AvgIpc) is 3.57. The maximum absolute atomic E-state index is 12.3. The van der Waals surface area contributed by atoms with Crippen molar-refractivity contribution in [2.45, 2.75) is 26.1 Å². The van der Waals surface area contributed by atoms with Crippen molar-refractivity contribution in [3.05, 3.63) is 64.6 Å². The molecule has 0 saturated heterocycles. The van der Waals surface area contributed by atoms with Gasteiger partial charge in [-0.25, -0.2) is 19.7 Å². The summed E-state index contributed by atoms with van der Waals surface area (Å²) in [5.41, 5.74) is 5.63. The van der Waals surface area contributed by atoms with Crippen molar-refractivity contribution in [3.63, 3.8) is 0 Å². The van der Waals surface area contributed by atoms with Crippen molar-refractivity contribution in [1.29, 1.82) is 0 Å². The molecule has 12 heteroatoms. The number of aliphatic hydroxyl groups is 1. The van der Waals surface area contributed by atoms with Crippen LogP contribution in [0.5, 0.6) is 11.6 Å². The summed E-state index contributed by atoms with van der Waals surface area (Å²) >= 11 is 8.07. The van der Waals surface area contributed by atoms with Crippen molar-refractivity contribution < 1.29 is 24.1 Å². The highest BCUT2D eigenvalue weighted by molar-refractivity contribution is 7.22. The molecule has 5 aromatic rings. The van der Waals surface area contributed by atoms with Crippen LogP contribution in [0.1, 0.15) is 16.8 Å². The van der Waals surface area contributed by atoms with Gasteiger partial charge in [0, 0.05) is 29.3 Å². The number of anilines is 1. The number of hydrogen-bond acceptors (Lipinski definition) is 10. The van der Waals surface area contributed by atoms with Crippen LogP contribution >= 0.6 is 22.9 Å². The molecule has 0 fully saturated rings. The van der Waals surface area contributed by atoms with Gasteiger partial charge in [-0.3, -0.25) is 10.3 Å².